The number of carboxylic acids is 2. The van der Waals surface area contributed by atoms with Crippen LogP contribution in [0.1, 0.15) is 19.3 Å². The Labute approximate surface area is 202 Å². The van der Waals surface area contributed by atoms with E-state index in [0.717, 1.165) is 12.1 Å². The summed E-state index contributed by atoms with van der Waals surface area (Å²) in [6, 6.07) is 5.36. The number of halogens is 4. The average molecular weight is 541 g/mol. The maximum Gasteiger partial charge on any atom is 0.345 e. The number of hydrogen-bond acceptors (Lipinski definition) is 6. The van der Waals surface area contributed by atoms with Crippen molar-refractivity contribution < 1.29 is 37.4 Å². The maximum absolute atomic E-state index is 14.3. The predicted octanol–water partition coefficient (Wildman–Crippen LogP) is 8.18. The van der Waals surface area contributed by atoms with E-state index >= 15 is 0 Å². The number of carboxylic acid groups (broad SMARTS) is 2. The molecule has 34 heavy (non-hydrogen) atoms. The van der Waals surface area contributed by atoms with Gasteiger partial charge in [0.1, 0.15) is 33.0 Å². The lowest BCUT2D eigenvalue weighted by Gasteiger charge is -1.97. The van der Waals surface area contributed by atoms with Crippen LogP contribution in [0.2, 0.25) is 0 Å². The van der Waals surface area contributed by atoms with Crippen LogP contribution in [0, 0.1) is 23.3 Å². The van der Waals surface area contributed by atoms with E-state index in [1.165, 1.54) is 22.7 Å². The van der Waals surface area contributed by atoms with Crippen LogP contribution in [0.4, 0.5) is 17.6 Å². The molecule has 0 saturated heterocycles. The zero-order chi connectivity index (χ0) is 24.3. The summed E-state index contributed by atoms with van der Waals surface area (Å²) < 4.78 is 56.6. The van der Waals surface area contributed by atoms with Crippen LogP contribution in [0.15, 0.2) is 35.0 Å². The Morgan fingerprint density at radius 2 is 0.941 bits per heavy atom. The van der Waals surface area contributed by atoms with Crippen molar-refractivity contribution in [2.75, 3.05) is 0 Å². The highest BCUT2D eigenvalue weighted by atomic mass is 32.1. The minimum absolute atomic E-state index is 0.123. The SMILES string of the molecule is Fc1c2ccsc2c(F)c2ccsc12.O=C(O)c1cc2c(F)c3sc(C(=O)O)cc3c(F)c2s1. The first-order valence-electron chi connectivity index (χ1n) is 9.21. The number of thiophene rings is 4. The Morgan fingerprint density at radius 3 is 1.29 bits per heavy atom. The van der Waals surface area contributed by atoms with Gasteiger partial charge in [-0.15, -0.1) is 45.3 Å². The fourth-order valence-corrected chi connectivity index (χ4v) is 7.00. The molecule has 0 amide bonds. The van der Waals surface area contributed by atoms with Crippen molar-refractivity contribution in [3.05, 3.63) is 68.0 Å². The first-order chi connectivity index (χ1) is 16.2. The molecular weight excluding hydrogens is 532 g/mol. The smallest absolute Gasteiger partial charge is 0.345 e. The van der Waals surface area contributed by atoms with Crippen molar-refractivity contribution in [3.63, 3.8) is 0 Å². The van der Waals surface area contributed by atoms with Gasteiger partial charge in [-0.3, -0.25) is 0 Å². The summed E-state index contributed by atoms with van der Waals surface area (Å²) in [5.41, 5.74) is 0. The van der Waals surface area contributed by atoms with E-state index < -0.39 is 23.6 Å². The van der Waals surface area contributed by atoms with E-state index in [4.69, 9.17) is 10.2 Å². The fraction of sp³-hybridized carbons (Fsp3) is 0. The van der Waals surface area contributed by atoms with Gasteiger partial charge in [0.05, 0.1) is 18.8 Å². The third-order valence-electron chi connectivity index (χ3n) is 4.96. The van der Waals surface area contributed by atoms with Gasteiger partial charge in [0.25, 0.3) is 0 Å². The van der Waals surface area contributed by atoms with Crippen molar-refractivity contribution in [1.82, 2.24) is 0 Å². The molecule has 0 unspecified atom stereocenters. The third-order valence-corrected chi connectivity index (χ3v) is 9.00. The van der Waals surface area contributed by atoms with E-state index in [1.807, 2.05) is 0 Å². The van der Waals surface area contributed by atoms with E-state index in [-0.39, 0.29) is 41.6 Å². The minimum atomic E-state index is -1.26. The second kappa shape index (κ2) is 8.31. The van der Waals surface area contributed by atoms with Gasteiger partial charge in [-0.1, -0.05) is 0 Å². The van der Waals surface area contributed by atoms with Gasteiger partial charge in [0.2, 0.25) is 0 Å². The monoisotopic (exact) mass is 540 g/mol. The van der Waals surface area contributed by atoms with Gasteiger partial charge in [-0.2, -0.15) is 0 Å². The Kier molecular flexibility index (Phi) is 5.55. The first kappa shape index (κ1) is 22.7. The molecule has 0 fully saturated rings. The van der Waals surface area contributed by atoms with Crippen molar-refractivity contribution in [3.8, 4) is 0 Å². The summed E-state index contributed by atoms with van der Waals surface area (Å²) in [6.45, 7) is 0. The molecule has 2 N–H and O–H groups in total. The Balaban J connectivity index is 0.000000150. The summed E-state index contributed by atoms with van der Waals surface area (Å²) in [7, 11) is 0. The molecule has 172 valence electrons. The molecule has 12 heteroatoms. The van der Waals surface area contributed by atoms with Crippen LogP contribution in [-0.2, 0) is 0 Å². The molecule has 6 aromatic rings. The van der Waals surface area contributed by atoms with Crippen LogP contribution in [0.25, 0.3) is 40.3 Å². The average Bonchev–Trinajstić information content (AvgIpc) is 3.60. The van der Waals surface area contributed by atoms with Crippen molar-refractivity contribution in [1.29, 1.82) is 0 Å². The molecule has 0 saturated carbocycles. The molecule has 6 rings (SSSR count). The summed E-state index contributed by atoms with van der Waals surface area (Å²) in [5, 5.41) is 21.6. The fourth-order valence-electron chi connectivity index (χ4n) is 3.44. The molecule has 4 aromatic heterocycles. The molecule has 0 spiro atoms. The highest BCUT2D eigenvalue weighted by Crippen LogP contribution is 2.40. The van der Waals surface area contributed by atoms with Crippen molar-refractivity contribution >= 4 is 97.6 Å². The van der Waals surface area contributed by atoms with Crippen LogP contribution in [-0.4, -0.2) is 22.2 Å². The topological polar surface area (TPSA) is 74.6 Å². The number of fused-ring (bicyclic) bond motifs is 4. The Bertz CT molecular complexity index is 1550. The summed E-state index contributed by atoms with van der Waals surface area (Å²) in [4.78, 5) is 21.4. The van der Waals surface area contributed by atoms with Crippen molar-refractivity contribution in [2.45, 2.75) is 0 Å². The van der Waals surface area contributed by atoms with Gasteiger partial charge in [0.15, 0.2) is 0 Å². The maximum atomic E-state index is 14.3. The van der Waals surface area contributed by atoms with Crippen LogP contribution >= 0.6 is 45.3 Å². The van der Waals surface area contributed by atoms with Crippen LogP contribution in [0.3, 0.4) is 0 Å². The van der Waals surface area contributed by atoms with Gasteiger partial charge in [-0.25, -0.2) is 27.2 Å². The van der Waals surface area contributed by atoms with Gasteiger partial charge in [0, 0.05) is 21.5 Å². The molecule has 0 aliphatic heterocycles. The van der Waals surface area contributed by atoms with Gasteiger partial charge >= 0.3 is 11.9 Å². The first-order valence-corrected chi connectivity index (χ1v) is 12.6. The molecule has 0 aliphatic carbocycles. The largest absolute Gasteiger partial charge is 0.477 e. The Hall–Kier alpha value is -3.06. The lowest BCUT2D eigenvalue weighted by Crippen LogP contribution is -1.89. The molecule has 4 nitrogen and oxygen atoms in total. The molecule has 4 heterocycles. The number of carbonyl (C=O) groups is 2. The standard InChI is InChI=1S/C12H4F2O4S2.C10H4F2S2/c13-7-3-1-5(11(15)16)19-9(3)8(14)4-2-6(12(17)18)20-10(4)7;11-7-5-1-3-13-9(5)8(12)6-2-4-14-10(6)7/h1-2H,(H,15,16)(H,17,18);1-4H. The third kappa shape index (κ3) is 3.45. The molecule has 0 atom stereocenters. The second-order valence-electron chi connectivity index (χ2n) is 6.90. The second-order valence-corrected chi connectivity index (χ2v) is 10.8. The predicted molar refractivity (Wildman–Crippen MR) is 128 cm³/mol. The molecular formula is C22H8F4O4S4. The molecule has 0 aliphatic rings. The lowest BCUT2D eigenvalue weighted by molar-refractivity contribution is 0.0691. The number of aromatic carboxylic acids is 2. The molecule has 2 aromatic carbocycles. The molecule has 0 radical (unpaired) electrons. The zero-order valence-corrected chi connectivity index (χ0v) is 19.6. The van der Waals surface area contributed by atoms with Gasteiger partial charge < -0.3 is 10.2 Å². The Morgan fingerprint density at radius 1 is 0.588 bits per heavy atom. The normalized spacial score (nSPS) is 11.4. The van der Waals surface area contributed by atoms with Crippen LogP contribution < -0.4 is 0 Å². The number of rotatable bonds is 2. The highest BCUT2D eigenvalue weighted by Gasteiger charge is 2.22. The zero-order valence-electron chi connectivity index (χ0n) is 16.3. The quantitative estimate of drug-likeness (QED) is 0.217. The van der Waals surface area contributed by atoms with Gasteiger partial charge in [-0.05, 0) is 35.0 Å². The minimum Gasteiger partial charge on any atom is -0.477 e. The summed E-state index contributed by atoms with van der Waals surface area (Å²) in [5.74, 6) is -4.71. The van der Waals surface area contributed by atoms with Crippen LogP contribution in [0.5, 0.6) is 0 Å². The lowest BCUT2D eigenvalue weighted by atomic mass is 10.2. The van der Waals surface area contributed by atoms with E-state index in [9.17, 15) is 27.2 Å². The summed E-state index contributed by atoms with van der Waals surface area (Å²) >= 11 is 3.71. The molecule has 0 bridgehead atoms. The number of hydrogen-bond donors (Lipinski definition) is 2. The number of benzene rings is 2. The van der Waals surface area contributed by atoms with E-state index in [0.29, 0.717) is 42.8 Å². The van der Waals surface area contributed by atoms with E-state index in [2.05, 4.69) is 0 Å². The van der Waals surface area contributed by atoms with E-state index in [1.54, 1.807) is 22.9 Å². The van der Waals surface area contributed by atoms with Crippen molar-refractivity contribution in [2.24, 2.45) is 0 Å². The highest BCUT2D eigenvalue weighted by molar-refractivity contribution is 7.22. The summed E-state index contributed by atoms with van der Waals surface area (Å²) in [6.07, 6.45) is 0.